The third-order valence-corrected chi connectivity index (χ3v) is 1.17. The maximum atomic E-state index is 10.2. The van der Waals surface area contributed by atoms with Crippen LogP contribution in [0.2, 0.25) is 0 Å². The first-order valence-corrected chi connectivity index (χ1v) is 2.74. The van der Waals surface area contributed by atoms with Crippen LogP contribution < -0.4 is 0 Å². The Bertz CT molecular complexity index is 226. The second-order valence-electron chi connectivity index (χ2n) is 1.86. The number of carboxylic acids is 1. The molecule has 10 heavy (non-hydrogen) atoms. The van der Waals surface area contributed by atoms with Crippen LogP contribution >= 0.6 is 0 Å². The Morgan fingerprint density at radius 2 is 2.70 bits per heavy atom. The van der Waals surface area contributed by atoms with Crippen molar-refractivity contribution in [2.24, 2.45) is 0 Å². The highest BCUT2D eigenvalue weighted by Crippen LogP contribution is 2.15. The van der Waals surface area contributed by atoms with E-state index in [1.807, 2.05) is 0 Å². The summed E-state index contributed by atoms with van der Waals surface area (Å²) in [6.45, 7) is 0. The standard InChI is InChI=1S/C6H5NO3/c7-3-4-1-2-5(10-4)6(8)9/h1,5H,2H2,(H,8,9). The molecule has 1 rings (SSSR count). The summed E-state index contributed by atoms with van der Waals surface area (Å²) in [5, 5.41) is 16.6. The lowest BCUT2D eigenvalue weighted by molar-refractivity contribution is -0.146. The van der Waals surface area contributed by atoms with Crippen LogP contribution in [0.3, 0.4) is 0 Å². The summed E-state index contributed by atoms with van der Waals surface area (Å²) >= 11 is 0. The minimum atomic E-state index is -1.03. The first-order valence-electron chi connectivity index (χ1n) is 2.74. The molecule has 0 aliphatic carbocycles. The van der Waals surface area contributed by atoms with E-state index in [1.165, 1.54) is 6.08 Å². The van der Waals surface area contributed by atoms with Crippen molar-refractivity contribution < 1.29 is 14.6 Å². The fraction of sp³-hybridized carbons (Fsp3) is 0.333. The monoisotopic (exact) mass is 139 g/mol. The number of rotatable bonds is 1. The number of nitriles is 1. The summed E-state index contributed by atoms with van der Waals surface area (Å²) in [5.74, 6) is -0.922. The smallest absolute Gasteiger partial charge is 0.345 e. The summed E-state index contributed by atoms with van der Waals surface area (Å²) in [7, 11) is 0. The van der Waals surface area contributed by atoms with Crippen LogP contribution in [0, 0.1) is 11.3 Å². The van der Waals surface area contributed by atoms with E-state index in [1.54, 1.807) is 6.07 Å². The van der Waals surface area contributed by atoms with Crippen molar-refractivity contribution in [1.29, 1.82) is 5.26 Å². The van der Waals surface area contributed by atoms with Crippen molar-refractivity contribution in [2.75, 3.05) is 0 Å². The quantitative estimate of drug-likeness (QED) is 0.565. The van der Waals surface area contributed by atoms with Gasteiger partial charge < -0.3 is 9.84 Å². The van der Waals surface area contributed by atoms with Crippen molar-refractivity contribution in [3.05, 3.63) is 11.8 Å². The van der Waals surface area contributed by atoms with Gasteiger partial charge in [-0.1, -0.05) is 0 Å². The Morgan fingerprint density at radius 1 is 2.00 bits per heavy atom. The number of nitrogens with zero attached hydrogens (tertiary/aromatic N) is 1. The Labute approximate surface area is 57.3 Å². The molecule has 0 radical (unpaired) electrons. The summed E-state index contributed by atoms with van der Waals surface area (Å²) in [6.07, 6.45) is 0.909. The number of carbonyl (C=O) groups is 1. The molecule has 0 bridgehead atoms. The highest BCUT2D eigenvalue weighted by Gasteiger charge is 2.24. The summed E-state index contributed by atoms with van der Waals surface area (Å²) in [5.41, 5.74) is 0. The van der Waals surface area contributed by atoms with Gasteiger partial charge >= 0.3 is 5.97 Å². The minimum absolute atomic E-state index is 0.104. The van der Waals surface area contributed by atoms with Gasteiger partial charge in [0.1, 0.15) is 6.07 Å². The summed E-state index contributed by atoms with van der Waals surface area (Å²) in [4.78, 5) is 10.2. The average Bonchev–Trinajstić information content (AvgIpc) is 2.34. The third kappa shape index (κ3) is 1.08. The molecule has 52 valence electrons. The van der Waals surface area contributed by atoms with Gasteiger partial charge in [-0.3, -0.25) is 0 Å². The largest absolute Gasteiger partial charge is 0.478 e. The Balaban J connectivity index is 2.54. The van der Waals surface area contributed by atoms with Crippen molar-refractivity contribution in [1.82, 2.24) is 0 Å². The van der Waals surface area contributed by atoms with E-state index in [0.29, 0.717) is 0 Å². The van der Waals surface area contributed by atoms with E-state index >= 15 is 0 Å². The van der Waals surface area contributed by atoms with E-state index < -0.39 is 12.1 Å². The number of aliphatic carboxylic acids is 1. The molecule has 0 spiro atoms. The molecule has 1 aliphatic rings. The van der Waals surface area contributed by atoms with E-state index in [0.717, 1.165) is 0 Å². The molecule has 0 saturated carbocycles. The zero-order valence-electron chi connectivity index (χ0n) is 5.07. The lowest BCUT2D eigenvalue weighted by atomic mass is 10.3. The van der Waals surface area contributed by atoms with Crippen molar-refractivity contribution in [3.8, 4) is 6.07 Å². The van der Waals surface area contributed by atoms with Gasteiger partial charge in [-0.2, -0.15) is 5.26 Å². The van der Waals surface area contributed by atoms with Gasteiger partial charge in [-0.05, 0) is 6.08 Å². The van der Waals surface area contributed by atoms with Crippen LogP contribution in [0.1, 0.15) is 6.42 Å². The molecule has 0 fully saturated rings. The molecular formula is C6H5NO3. The first kappa shape index (κ1) is 6.62. The molecule has 0 aromatic carbocycles. The van der Waals surface area contributed by atoms with Gasteiger partial charge in [0.25, 0.3) is 0 Å². The molecule has 1 atom stereocenters. The maximum Gasteiger partial charge on any atom is 0.345 e. The molecule has 0 aromatic rings. The van der Waals surface area contributed by atoms with Gasteiger partial charge in [0.15, 0.2) is 11.9 Å². The molecule has 0 amide bonds. The van der Waals surface area contributed by atoms with Crippen LogP contribution in [0.4, 0.5) is 0 Å². The lowest BCUT2D eigenvalue weighted by Gasteiger charge is -2.02. The number of hydrogen-bond acceptors (Lipinski definition) is 3. The van der Waals surface area contributed by atoms with Crippen LogP contribution in [-0.2, 0) is 9.53 Å². The second-order valence-corrected chi connectivity index (χ2v) is 1.86. The van der Waals surface area contributed by atoms with Gasteiger partial charge in [-0.15, -0.1) is 0 Å². The first-order chi connectivity index (χ1) is 4.74. The predicted octanol–water partition coefficient (Wildman–Crippen LogP) is 0.267. The topological polar surface area (TPSA) is 70.3 Å². The molecule has 1 aliphatic heterocycles. The zero-order chi connectivity index (χ0) is 7.56. The zero-order valence-corrected chi connectivity index (χ0v) is 5.07. The van der Waals surface area contributed by atoms with Crippen LogP contribution in [0.25, 0.3) is 0 Å². The number of carboxylic acid groups (broad SMARTS) is 1. The molecule has 1 N–H and O–H groups in total. The summed E-state index contributed by atoms with van der Waals surface area (Å²) < 4.78 is 4.67. The van der Waals surface area contributed by atoms with Crippen LogP contribution in [0.5, 0.6) is 0 Å². The van der Waals surface area contributed by atoms with Crippen molar-refractivity contribution >= 4 is 5.97 Å². The molecule has 4 nitrogen and oxygen atoms in total. The number of hydrogen-bond donors (Lipinski definition) is 1. The summed E-state index contributed by atoms with van der Waals surface area (Å²) in [6, 6.07) is 1.72. The third-order valence-electron chi connectivity index (χ3n) is 1.17. The highest BCUT2D eigenvalue weighted by atomic mass is 16.5. The predicted molar refractivity (Wildman–Crippen MR) is 30.8 cm³/mol. The number of allylic oxidation sites excluding steroid dienone is 1. The van der Waals surface area contributed by atoms with Crippen LogP contribution in [0.15, 0.2) is 11.8 Å². The van der Waals surface area contributed by atoms with E-state index in [4.69, 9.17) is 10.4 Å². The van der Waals surface area contributed by atoms with Gasteiger partial charge in [0, 0.05) is 6.42 Å². The fourth-order valence-electron chi connectivity index (χ4n) is 0.687. The van der Waals surface area contributed by atoms with E-state index in [9.17, 15) is 4.79 Å². The molecule has 1 unspecified atom stereocenters. The SMILES string of the molecule is N#CC1=CCC(C(=O)O)O1. The Morgan fingerprint density at radius 3 is 3.00 bits per heavy atom. The number of ether oxygens (including phenoxy) is 1. The molecular weight excluding hydrogens is 134 g/mol. The average molecular weight is 139 g/mol. The molecule has 0 aromatic heterocycles. The molecule has 0 saturated heterocycles. The lowest BCUT2D eigenvalue weighted by Crippen LogP contribution is -2.18. The van der Waals surface area contributed by atoms with Crippen molar-refractivity contribution in [2.45, 2.75) is 12.5 Å². The van der Waals surface area contributed by atoms with Crippen molar-refractivity contribution in [3.63, 3.8) is 0 Å². The van der Waals surface area contributed by atoms with E-state index in [-0.39, 0.29) is 12.2 Å². The van der Waals surface area contributed by atoms with Crippen LogP contribution in [-0.4, -0.2) is 17.2 Å². The maximum absolute atomic E-state index is 10.2. The van der Waals surface area contributed by atoms with Gasteiger partial charge in [0.05, 0.1) is 0 Å². The Kier molecular flexibility index (Phi) is 1.59. The minimum Gasteiger partial charge on any atom is -0.478 e. The Hall–Kier alpha value is -1.50. The van der Waals surface area contributed by atoms with Gasteiger partial charge in [-0.25, -0.2) is 4.79 Å². The fourth-order valence-corrected chi connectivity index (χ4v) is 0.687. The van der Waals surface area contributed by atoms with Gasteiger partial charge in [0.2, 0.25) is 0 Å². The molecule has 1 heterocycles. The molecule has 4 heteroatoms. The normalized spacial score (nSPS) is 22.7. The van der Waals surface area contributed by atoms with E-state index in [2.05, 4.69) is 4.74 Å². The second kappa shape index (κ2) is 2.40. The highest BCUT2D eigenvalue weighted by molar-refractivity contribution is 5.73.